The molecule has 0 heterocycles. The largest absolute Gasteiger partial charge is 0.293 e. The second-order valence-electron chi connectivity index (χ2n) is 2.74. The minimum atomic E-state index is -3.82. The molecule has 1 aromatic rings. The number of ketones is 1. The predicted octanol–water partition coefficient (Wildman–Crippen LogP) is 0.297. The van der Waals surface area contributed by atoms with Crippen LogP contribution in [0.5, 0.6) is 0 Å². The standard InChI is InChI=1S/C8H8FNO3S/c9-7-3-1-6(2-4-7)8(11)5-14(10,12)13/h1-4H,5H2,(H2,10,12,13). The number of hydrogen-bond acceptors (Lipinski definition) is 3. The van der Waals surface area contributed by atoms with E-state index in [0.717, 1.165) is 12.1 Å². The van der Waals surface area contributed by atoms with Gasteiger partial charge in [0.2, 0.25) is 10.0 Å². The summed E-state index contributed by atoms with van der Waals surface area (Å²) in [6, 6.07) is 4.58. The van der Waals surface area contributed by atoms with E-state index in [1.165, 1.54) is 12.1 Å². The van der Waals surface area contributed by atoms with Crippen molar-refractivity contribution in [2.24, 2.45) is 5.14 Å². The summed E-state index contributed by atoms with van der Waals surface area (Å²) in [5.74, 6) is -1.90. The average molecular weight is 217 g/mol. The molecule has 0 fully saturated rings. The maximum atomic E-state index is 12.4. The van der Waals surface area contributed by atoms with Crippen LogP contribution in [-0.4, -0.2) is 20.0 Å². The van der Waals surface area contributed by atoms with Gasteiger partial charge in [0.25, 0.3) is 0 Å². The first-order valence-electron chi connectivity index (χ1n) is 3.68. The number of carbonyl (C=O) groups excluding carboxylic acids is 1. The molecule has 0 radical (unpaired) electrons. The molecule has 14 heavy (non-hydrogen) atoms. The Bertz CT molecular complexity index is 438. The molecule has 0 aromatic heterocycles. The SMILES string of the molecule is NS(=O)(=O)CC(=O)c1ccc(F)cc1. The summed E-state index contributed by atoms with van der Waals surface area (Å²) in [7, 11) is -3.82. The van der Waals surface area contributed by atoms with Crippen molar-refractivity contribution in [3.05, 3.63) is 35.6 Å². The van der Waals surface area contributed by atoms with Crippen LogP contribution in [0, 0.1) is 5.82 Å². The zero-order chi connectivity index (χ0) is 10.8. The first-order chi connectivity index (χ1) is 6.38. The normalized spacial score (nSPS) is 11.3. The van der Waals surface area contributed by atoms with E-state index in [1.54, 1.807) is 0 Å². The molecule has 1 rings (SSSR count). The molecule has 0 aliphatic heterocycles. The van der Waals surface area contributed by atoms with E-state index in [4.69, 9.17) is 0 Å². The van der Waals surface area contributed by atoms with E-state index in [1.807, 2.05) is 0 Å². The van der Waals surface area contributed by atoms with Crippen molar-refractivity contribution in [2.45, 2.75) is 0 Å². The topological polar surface area (TPSA) is 77.2 Å². The Morgan fingerprint density at radius 3 is 2.21 bits per heavy atom. The Morgan fingerprint density at radius 2 is 1.79 bits per heavy atom. The summed E-state index contributed by atoms with van der Waals surface area (Å²) in [6.07, 6.45) is 0. The van der Waals surface area contributed by atoms with Gasteiger partial charge in [0.05, 0.1) is 0 Å². The van der Waals surface area contributed by atoms with Gasteiger partial charge in [0, 0.05) is 5.56 Å². The van der Waals surface area contributed by atoms with E-state index in [-0.39, 0.29) is 5.56 Å². The van der Waals surface area contributed by atoms with E-state index in [2.05, 4.69) is 5.14 Å². The Kier molecular flexibility index (Phi) is 2.97. The van der Waals surface area contributed by atoms with Crippen LogP contribution in [0.3, 0.4) is 0 Å². The van der Waals surface area contributed by atoms with Crippen LogP contribution in [0.1, 0.15) is 10.4 Å². The number of benzene rings is 1. The van der Waals surface area contributed by atoms with Gasteiger partial charge in [-0.25, -0.2) is 17.9 Å². The summed E-state index contributed by atoms with van der Waals surface area (Å²) in [6.45, 7) is 0. The second-order valence-corrected chi connectivity index (χ2v) is 4.35. The third-order valence-electron chi connectivity index (χ3n) is 1.50. The van der Waals surface area contributed by atoms with Crippen LogP contribution in [0.15, 0.2) is 24.3 Å². The highest BCUT2D eigenvalue weighted by Crippen LogP contribution is 2.04. The number of halogens is 1. The summed E-state index contributed by atoms with van der Waals surface area (Å²) < 4.78 is 33.6. The molecule has 0 aliphatic carbocycles. The summed E-state index contributed by atoms with van der Waals surface area (Å²) in [5, 5.41) is 4.68. The van der Waals surface area contributed by atoms with Gasteiger partial charge in [-0.05, 0) is 24.3 Å². The maximum absolute atomic E-state index is 12.4. The third kappa shape index (κ3) is 3.23. The van der Waals surface area contributed by atoms with E-state index >= 15 is 0 Å². The molecule has 4 nitrogen and oxygen atoms in total. The molecule has 0 amide bonds. The van der Waals surface area contributed by atoms with Crippen molar-refractivity contribution in [1.82, 2.24) is 0 Å². The van der Waals surface area contributed by atoms with Crippen molar-refractivity contribution in [3.63, 3.8) is 0 Å². The van der Waals surface area contributed by atoms with Crippen molar-refractivity contribution < 1.29 is 17.6 Å². The average Bonchev–Trinajstić information content (AvgIpc) is 2.02. The van der Waals surface area contributed by atoms with Crippen LogP contribution in [-0.2, 0) is 10.0 Å². The zero-order valence-electron chi connectivity index (χ0n) is 7.10. The van der Waals surface area contributed by atoms with Gasteiger partial charge in [0.15, 0.2) is 5.78 Å². The predicted molar refractivity (Wildman–Crippen MR) is 48.7 cm³/mol. The first-order valence-corrected chi connectivity index (χ1v) is 5.39. The molecule has 0 spiro atoms. The van der Waals surface area contributed by atoms with Crippen LogP contribution in [0.25, 0.3) is 0 Å². The molecule has 76 valence electrons. The lowest BCUT2D eigenvalue weighted by molar-refractivity contribution is 0.102. The lowest BCUT2D eigenvalue weighted by Crippen LogP contribution is -2.23. The van der Waals surface area contributed by atoms with Gasteiger partial charge in [-0.1, -0.05) is 0 Å². The van der Waals surface area contributed by atoms with Gasteiger partial charge >= 0.3 is 0 Å². The van der Waals surface area contributed by atoms with Crippen LogP contribution in [0.4, 0.5) is 4.39 Å². The Morgan fingerprint density at radius 1 is 1.29 bits per heavy atom. The van der Waals surface area contributed by atoms with Crippen LogP contribution < -0.4 is 5.14 Å². The number of rotatable bonds is 3. The van der Waals surface area contributed by atoms with Crippen LogP contribution in [0.2, 0.25) is 0 Å². The Balaban J connectivity index is 2.86. The summed E-state index contributed by atoms with van der Waals surface area (Å²) in [4.78, 5) is 11.2. The number of carbonyl (C=O) groups is 1. The molecule has 6 heteroatoms. The van der Waals surface area contributed by atoms with Gasteiger partial charge in [-0.3, -0.25) is 4.79 Å². The third-order valence-corrected chi connectivity index (χ3v) is 2.16. The molecular weight excluding hydrogens is 209 g/mol. The summed E-state index contributed by atoms with van der Waals surface area (Å²) >= 11 is 0. The smallest absolute Gasteiger partial charge is 0.216 e. The minimum Gasteiger partial charge on any atom is -0.293 e. The molecule has 2 N–H and O–H groups in total. The molecule has 0 aliphatic rings. The van der Waals surface area contributed by atoms with E-state index in [0.29, 0.717) is 0 Å². The second kappa shape index (κ2) is 3.85. The fraction of sp³-hybridized carbons (Fsp3) is 0.125. The van der Waals surface area contributed by atoms with Gasteiger partial charge in [-0.2, -0.15) is 0 Å². The highest BCUT2D eigenvalue weighted by Gasteiger charge is 2.13. The number of Topliss-reactive ketones (excluding diaryl/α,β-unsaturated/α-hetero) is 1. The molecule has 0 bridgehead atoms. The maximum Gasteiger partial charge on any atom is 0.216 e. The molecule has 0 unspecified atom stereocenters. The molecule has 0 saturated carbocycles. The van der Waals surface area contributed by atoms with Gasteiger partial charge < -0.3 is 0 Å². The van der Waals surface area contributed by atoms with E-state index < -0.39 is 27.4 Å². The number of hydrogen-bond donors (Lipinski definition) is 1. The van der Waals surface area contributed by atoms with Crippen molar-refractivity contribution in [1.29, 1.82) is 0 Å². The Labute approximate surface area is 80.6 Å². The Hall–Kier alpha value is -1.27. The zero-order valence-corrected chi connectivity index (χ0v) is 7.92. The lowest BCUT2D eigenvalue weighted by atomic mass is 10.1. The van der Waals surface area contributed by atoms with Crippen LogP contribution >= 0.6 is 0 Å². The fourth-order valence-electron chi connectivity index (χ4n) is 0.902. The minimum absolute atomic E-state index is 0.125. The van der Waals surface area contributed by atoms with Gasteiger partial charge in [-0.15, -0.1) is 0 Å². The van der Waals surface area contributed by atoms with Crippen molar-refractivity contribution in [2.75, 3.05) is 5.75 Å². The number of primary sulfonamides is 1. The number of nitrogens with two attached hydrogens (primary N) is 1. The van der Waals surface area contributed by atoms with Crippen molar-refractivity contribution >= 4 is 15.8 Å². The lowest BCUT2D eigenvalue weighted by Gasteiger charge is -1.98. The first kappa shape index (κ1) is 10.8. The van der Waals surface area contributed by atoms with Gasteiger partial charge in [0.1, 0.15) is 11.6 Å². The molecule has 0 saturated heterocycles. The fourth-order valence-corrected chi connectivity index (χ4v) is 1.43. The quantitative estimate of drug-likeness (QED) is 0.739. The number of sulfonamides is 1. The molecular formula is C8H8FNO3S. The van der Waals surface area contributed by atoms with Crippen molar-refractivity contribution in [3.8, 4) is 0 Å². The summed E-state index contributed by atoms with van der Waals surface area (Å²) in [5.41, 5.74) is 0.125. The van der Waals surface area contributed by atoms with E-state index in [9.17, 15) is 17.6 Å². The molecule has 0 atom stereocenters. The monoisotopic (exact) mass is 217 g/mol. The highest BCUT2D eigenvalue weighted by molar-refractivity contribution is 7.89. The highest BCUT2D eigenvalue weighted by atomic mass is 32.2. The molecule has 1 aromatic carbocycles.